The highest BCUT2D eigenvalue weighted by Gasteiger charge is 2.25. The number of thiazole rings is 1. The van der Waals surface area contributed by atoms with Crippen molar-refractivity contribution in [2.24, 2.45) is 5.73 Å². The van der Waals surface area contributed by atoms with Crippen molar-refractivity contribution in [3.8, 4) is 0 Å². The number of nitrogens with one attached hydrogen (secondary N) is 1. The zero-order valence-electron chi connectivity index (χ0n) is 16.3. The average Bonchev–Trinajstić information content (AvgIpc) is 3.43. The highest BCUT2D eigenvalue weighted by Crippen LogP contribution is 2.21. The average molecular weight is 501 g/mol. The van der Waals surface area contributed by atoms with Gasteiger partial charge in [-0.1, -0.05) is 6.07 Å². The minimum absolute atomic E-state index is 0.122. The van der Waals surface area contributed by atoms with E-state index in [1.807, 2.05) is 6.07 Å². The van der Waals surface area contributed by atoms with E-state index in [1.165, 1.54) is 29.7 Å². The van der Waals surface area contributed by atoms with Gasteiger partial charge in [0, 0.05) is 19.2 Å². The molecule has 0 atom stereocenters. The maximum atomic E-state index is 12.7. The summed E-state index contributed by atoms with van der Waals surface area (Å²) in [5.41, 5.74) is 11.2. The third kappa shape index (κ3) is 4.80. The van der Waals surface area contributed by atoms with Crippen LogP contribution >= 0.6 is 27.3 Å². The van der Waals surface area contributed by atoms with Gasteiger partial charge in [0.2, 0.25) is 0 Å². The number of aromatic nitrogens is 4. The maximum Gasteiger partial charge on any atom is 0.257 e. The van der Waals surface area contributed by atoms with Crippen molar-refractivity contribution in [2.75, 3.05) is 6.54 Å². The number of imidazole rings is 1. The number of hydrogen-bond donors (Lipinski definition) is 2. The number of nitrogens with zero attached hydrogens (tertiary/aromatic N) is 4. The molecule has 1 aromatic carbocycles. The summed E-state index contributed by atoms with van der Waals surface area (Å²) in [6, 6.07) is 10.00. The van der Waals surface area contributed by atoms with Gasteiger partial charge >= 0.3 is 0 Å². The van der Waals surface area contributed by atoms with Crippen molar-refractivity contribution in [1.82, 2.24) is 24.8 Å². The quantitative estimate of drug-likeness (QED) is 0.321. The Morgan fingerprint density at radius 2 is 2.16 bits per heavy atom. The number of benzene rings is 1. The van der Waals surface area contributed by atoms with E-state index in [0.717, 1.165) is 28.0 Å². The van der Waals surface area contributed by atoms with Crippen LogP contribution < -0.4 is 5.73 Å². The summed E-state index contributed by atoms with van der Waals surface area (Å²) in [6.07, 6.45) is 3.72. The molecular formula is C21H18BrFN6OS. The van der Waals surface area contributed by atoms with Crippen molar-refractivity contribution in [3.63, 3.8) is 0 Å². The number of pyridine rings is 1. The molecule has 1 aliphatic rings. The molecule has 0 bridgehead atoms. The van der Waals surface area contributed by atoms with Crippen molar-refractivity contribution in [2.45, 2.75) is 13.0 Å². The van der Waals surface area contributed by atoms with Crippen molar-refractivity contribution in [1.29, 1.82) is 0 Å². The van der Waals surface area contributed by atoms with Crippen LogP contribution in [0.4, 0.5) is 4.39 Å². The summed E-state index contributed by atoms with van der Waals surface area (Å²) in [7, 11) is 0. The van der Waals surface area contributed by atoms with E-state index in [2.05, 4.69) is 35.9 Å². The monoisotopic (exact) mass is 500 g/mol. The van der Waals surface area contributed by atoms with Gasteiger partial charge in [0.15, 0.2) is 0 Å². The van der Waals surface area contributed by atoms with E-state index in [0.29, 0.717) is 29.0 Å². The van der Waals surface area contributed by atoms with Crippen LogP contribution in [0.3, 0.4) is 0 Å². The van der Waals surface area contributed by atoms with Gasteiger partial charge in [-0.2, -0.15) is 0 Å². The van der Waals surface area contributed by atoms with Crippen LogP contribution in [0.25, 0.3) is 15.8 Å². The number of hydrogen-bond acceptors (Lipinski definition) is 6. The van der Waals surface area contributed by atoms with E-state index in [9.17, 15) is 9.18 Å². The number of rotatable bonds is 2. The van der Waals surface area contributed by atoms with Gasteiger partial charge < -0.3 is 15.6 Å². The van der Waals surface area contributed by atoms with Gasteiger partial charge in [-0.25, -0.2) is 19.3 Å². The number of amides is 1. The first-order valence-corrected chi connectivity index (χ1v) is 11.1. The van der Waals surface area contributed by atoms with E-state index in [-0.39, 0.29) is 11.7 Å². The fraction of sp³-hybridized carbons (Fsp3) is 0.143. The summed E-state index contributed by atoms with van der Waals surface area (Å²) in [6.45, 7) is 1.14. The molecule has 10 heteroatoms. The Hall–Kier alpha value is -3.11. The molecule has 4 heterocycles. The third-order valence-corrected chi connectivity index (χ3v) is 5.98. The second-order valence-corrected chi connectivity index (χ2v) is 8.39. The van der Waals surface area contributed by atoms with Crippen LogP contribution in [-0.4, -0.2) is 37.3 Å². The van der Waals surface area contributed by atoms with Crippen molar-refractivity contribution in [3.05, 3.63) is 81.9 Å². The molecule has 0 aliphatic carbocycles. The number of nitrogens with two attached hydrogens (primary N) is 1. The van der Waals surface area contributed by atoms with Crippen LogP contribution in [0.15, 0.2) is 59.0 Å². The van der Waals surface area contributed by atoms with Crippen LogP contribution in [0.1, 0.15) is 17.1 Å². The largest absolute Gasteiger partial charge is 0.404 e. The number of H-pyrrole nitrogens is 1. The highest BCUT2D eigenvalue weighted by molar-refractivity contribution is 9.10. The lowest BCUT2D eigenvalue weighted by Gasteiger charge is -2.27. The van der Waals surface area contributed by atoms with E-state index >= 15 is 0 Å². The van der Waals surface area contributed by atoms with Gasteiger partial charge in [-0.3, -0.25) is 4.79 Å². The second-order valence-electron chi connectivity index (χ2n) is 6.69. The molecule has 0 saturated carbocycles. The lowest BCUT2D eigenvalue weighted by atomic mass is 10.1. The zero-order chi connectivity index (χ0) is 21.8. The number of aromatic amines is 1. The molecule has 158 valence electrons. The summed E-state index contributed by atoms with van der Waals surface area (Å²) >= 11 is 4.75. The predicted octanol–water partition coefficient (Wildman–Crippen LogP) is 3.89. The Kier molecular flexibility index (Phi) is 6.38. The molecule has 7 nitrogen and oxygen atoms in total. The van der Waals surface area contributed by atoms with Gasteiger partial charge in [0.05, 0.1) is 51.3 Å². The van der Waals surface area contributed by atoms with Gasteiger partial charge in [-0.05, 0) is 46.3 Å². The Morgan fingerprint density at radius 1 is 1.29 bits per heavy atom. The van der Waals surface area contributed by atoms with E-state index in [4.69, 9.17) is 5.73 Å². The summed E-state index contributed by atoms with van der Waals surface area (Å²) in [5.74, 6) is -0.319. The molecule has 0 spiro atoms. The fourth-order valence-corrected chi connectivity index (χ4v) is 4.26. The molecule has 3 aromatic heterocycles. The standard InChI is InChI=1S/C14H14BrN5O.C7H4FNS/c15-13-3-1-2-10(19-13)9(6-16)14(21)20-5-4-11-12(7-20)18-8-17-11;8-5-1-2-6-7(3-5)10-4-9-6/h1-3,6,8H,4-5,7,16H2,(H,17,18);1-4H/b9-6+;. The molecule has 0 radical (unpaired) electrons. The first-order valence-electron chi connectivity index (χ1n) is 9.39. The molecular weight excluding hydrogens is 483 g/mol. The van der Waals surface area contributed by atoms with Crippen LogP contribution in [0.2, 0.25) is 0 Å². The molecule has 1 amide bonds. The summed E-state index contributed by atoms with van der Waals surface area (Å²) < 4.78 is 14.1. The minimum Gasteiger partial charge on any atom is -0.404 e. The molecule has 0 unspecified atom stereocenters. The molecule has 31 heavy (non-hydrogen) atoms. The lowest BCUT2D eigenvalue weighted by molar-refractivity contribution is -0.126. The van der Waals surface area contributed by atoms with Crippen LogP contribution in [0, 0.1) is 5.82 Å². The normalized spacial score (nSPS) is 13.5. The second kappa shape index (κ2) is 9.36. The summed E-state index contributed by atoms with van der Waals surface area (Å²) in [5, 5.41) is 0. The maximum absolute atomic E-state index is 12.7. The minimum atomic E-state index is -0.197. The first-order chi connectivity index (χ1) is 15.0. The fourth-order valence-electron chi connectivity index (χ4n) is 3.21. The first kappa shape index (κ1) is 21.1. The topological polar surface area (TPSA) is 101 Å². The zero-order valence-corrected chi connectivity index (χ0v) is 18.7. The smallest absolute Gasteiger partial charge is 0.257 e. The van der Waals surface area contributed by atoms with Gasteiger partial charge in [-0.15, -0.1) is 11.3 Å². The van der Waals surface area contributed by atoms with Gasteiger partial charge in [0.1, 0.15) is 10.4 Å². The lowest BCUT2D eigenvalue weighted by Crippen LogP contribution is -2.36. The van der Waals surface area contributed by atoms with Crippen LogP contribution in [0.5, 0.6) is 0 Å². The number of halogens is 2. The summed E-state index contributed by atoms with van der Waals surface area (Å²) in [4.78, 5) is 30.0. The molecule has 5 rings (SSSR count). The molecule has 0 saturated heterocycles. The number of fused-ring (bicyclic) bond motifs is 2. The molecule has 1 aliphatic heterocycles. The highest BCUT2D eigenvalue weighted by atomic mass is 79.9. The SMILES string of the molecule is Fc1ccc2ncsc2c1.N/C=C(/C(=O)N1CCc2nc[nH]c2C1)c1cccc(Br)n1. The third-order valence-electron chi connectivity index (χ3n) is 4.74. The van der Waals surface area contributed by atoms with Crippen LogP contribution in [-0.2, 0) is 17.8 Å². The molecule has 4 aromatic rings. The molecule has 0 fully saturated rings. The number of carbonyl (C=O) groups excluding carboxylic acids is 1. The predicted molar refractivity (Wildman–Crippen MR) is 121 cm³/mol. The van der Waals surface area contributed by atoms with Crippen molar-refractivity contribution >= 4 is 49.0 Å². The van der Waals surface area contributed by atoms with E-state index in [1.54, 1.807) is 34.9 Å². The number of carbonyl (C=O) groups is 1. The Balaban J connectivity index is 0.000000192. The Bertz CT molecular complexity index is 1250. The molecule has 3 N–H and O–H groups in total. The van der Waals surface area contributed by atoms with Gasteiger partial charge in [0.25, 0.3) is 5.91 Å². The van der Waals surface area contributed by atoms with Crippen molar-refractivity contribution < 1.29 is 9.18 Å². The van der Waals surface area contributed by atoms with E-state index < -0.39 is 0 Å². The Labute approximate surface area is 190 Å². The Morgan fingerprint density at radius 3 is 2.97 bits per heavy atom.